The van der Waals surface area contributed by atoms with Gasteiger partial charge in [-0.2, -0.15) is 0 Å². The summed E-state index contributed by atoms with van der Waals surface area (Å²) < 4.78 is 12.4. The number of hydrogen-bond acceptors (Lipinski definition) is 8. The zero-order valence-electron chi connectivity index (χ0n) is 31.2. The second kappa shape index (κ2) is 17.4. The van der Waals surface area contributed by atoms with Crippen LogP contribution < -0.4 is 15.1 Å². The van der Waals surface area contributed by atoms with Crippen molar-refractivity contribution in [3.8, 4) is 0 Å². The molecule has 1 spiro atoms. The molecule has 0 aromatic heterocycles. The molecular weight excluding hydrogens is 740 g/mol. The summed E-state index contributed by atoms with van der Waals surface area (Å²) in [5.74, 6) is -3.80. The number of alkyl halides is 1. The second-order valence-electron chi connectivity index (χ2n) is 14.3. The number of halogens is 1. The number of nitrogens with zero attached hydrogens (tertiary/aromatic N) is 3. The molecule has 3 amide bonds. The monoisotopic (exact) mass is 792 g/mol. The van der Waals surface area contributed by atoms with Crippen LogP contribution in [-0.2, 0) is 28.7 Å². The molecule has 12 heteroatoms. The first-order valence-electron chi connectivity index (χ1n) is 18.6. The Morgan fingerprint density at radius 3 is 2.32 bits per heavy atom. The van der Waals surface area contributed by atoms with Gasteiger partial charge in [0.05, 0.1) is 36.6 Å². The average Bonchev–Trinajstić information content (AvgIpc) is 3.75. The van der Waals surface area contributed by atoms with Crippen LogP contribution in [0.5, 0.6) is 0 Å². The summed E-state index contributed by atoms with van der Waals surface area (Å²) in [6.45, 7) is 16.9. The highest BCUT2D eigenvalue weighted by Gasteiger charge is 2.77. The fourth-order valence-electron chi connectivity index (χ4n) is 8.30. The lowest BCUT2D eigenvalue weighted by molar-refractivity contribution is -0.147. The molecule has 2 N–H and O–H groups in total. The summed E-state index contributed by atoms with van der Waals surface area (Å²) in [4.78, 5) is 61.9. The second-order valence-corrected chi connectivity index (χ2v) is 15.5. The van der Waals surface area contributed by atoms with Crippen LogP contribution >= 0.6 is 15.9 Å². The number of nitrogens with one attached hydrogen (secondary N) is 1. The minimum absolute atomic E-state index is 0.109. The van der Waals surface area contributed by atoms with Gasteiger partial charge in [0.1, 0.15) is 18.2 Å². The van der Waals surface area contributed by atoms with Crippen molar-refractivity contribution in [3.63, 3.8) is 0 Å². The Bertz CT molecular complexity index is 1630. The maximum absolute atomic E-state index is 15.1. The Kier molecular flexibility index (Phi) is 13.2. The minimum Gasteiger partial charge on any atom is -0.463 e. The summed E-state index contributed by atoms with van der Waals surface area (Å²) in [5.41, 5.74) is 1.03. The molecule has 2 bridgehead atoms. The molecule has 5 rings (SSSR count). The van der Waals surface area contributed by atoms with Crippen molar-refractivity contribution < 1.29 is 33.8 Å². The van der Waals surface area contributed by atoms with Gasteiger partial charge in [-0.15, -0.1) is 13.2 Å². The molecule has 3 heterocycles. The molecule has 2 aromatic rings. The van der Waals surface area contributed by atoms with Crippen molar-refractivity contribution in [1.29, 1.82) is 0 Å². The lowest BCUT2D eigenvalue weighted by Gasteiger charge is -2.40. The van der Waals surface area contributed by atoms with Gasteiger partial charge in [-0.1, -0.05) is 72.3 Å². The van der Waals surface area contributed by atoms with Crippen molar-refractivity contribution in [2.45, 2.75) is 81.6 Å². The Balaban J connectivity index is 1.52. The van der Waals surface area contributed by atoms with E-state index in [-0.39, 0.29) is 42.8 Å². The van der Waals surface area contributed by atoms with Gasteiger partial charge in [0, 0.05) is 42.3 Å². The molecule has 1 unspecified atom stereocenters. The molecule has 0 radical (unpaired) electrons. The van der Waals surface area contributed by atoms with Crippen molar-refractivity contribution in [2.24, 2.45) is 17.8 Å². The number of allylic oxidation sites excluding steroid dienone is 1. The number of benzene rings is 2. The first-order chi connectivity index (χ1) is 25.5. The van der Waals surface area contributed by atoms with Gasteiger partial charge in [-0.3, -0.25) is 19.2 Å². The van der Waals surface area contributed by atoms with E-state index in [4.69, 9.17) is 9.47 Å². The van der Waals surface area contributed by atoms with Crippen LogP contribution in [0, 0.1) is 17.8 Å². The summed E-state index contributed by atoms with van der Waals surface area (Å²) >= 11 is 3.76. The van der Waals surface area contributed by atoms with E-state index >= 15 is 4.79 Å². The molecule has 3 aliphatic rings. The number of rotatable bonds is 18. The number of ether oxygens (including phenoxy) is 2. The number of anilines is 2. The highest BCUT2D eigenvalue weighted by molar-refractivity contribution is 9.09. The number of aliphatic hydroxyl groups excluding tert-OH is 1. The van der Waals surface area contributed by atoms with Crippen LogP contribution in [-0.4, -0.2) is 95.2 Å². The number of hydrogen-bond donors (Lipinski definition) is 2. The molecule has 3 aliphatic heterocycles. The predicted octanol–water partition coefficient (Wildman–Crippen LogP) is 5.18. The number of amides is 3. The van der Waals surface area contributed by atoms with Crippen LogP contribution in [0.25, 0.3) is 0 Å². The largest absolute Gasteiger partial charge is 0.463 e. The Morgan fingerprint density at radius 1 is 1.08 bits per heavy atom. The van der Waals surface area contributed by atoms with Crippen LogP contribution in [0.3, 0.4) is 0 Å². The SMILES string of the molecule is C=CCCC(=O)OC[C@@H](NC(=O)[C@@H]1[C@H]2O[C@@]3(CC2Br)[C@H](C(=O)N(CC=C)c2ccc(N(CC)CC)cc2)N([C@@H](CO)C(C)C)C(=O)[C@@H]13)c1ccccc1. The predicted molar refractivity (Wildman–Crippen MR) is 209 cm³/mol. The number of likely N-dealkylation sites (tertiary alicyclic amines) is 1. The lowest BCUT2D eigenvalue weighted by Crippen LogP contribution is -2.60. The van der Waals surface area contributed by atoms with E-state index in [1.165, 1.54) is 4.90 Å². The van der Waals surface area contributed by atoms with E-state index in [1.807, 2.05) is 68.4 Å². The van der Waals surface area contributed by atoms with Gasteiger partial charge < -0.3 is 34.6 Å². The van der Waals surface area contributed by atoms with Crippen LogP contribution in [0.2, 0.25) is 0 Å². The van der Waals surface area contributed by atoms with E-state index in [2.05, 4.69) is 53.2 Å². The molecule has 2 aromatic carbocycles. The molecule has 3 fully saturated rings. The number of fused-ring (bicyclic) bond motifs is 1. The van der Waals surface area contributed by atoms with Gasteiger partial charge in [-0.05, 0) is 62.4 Å². The van der Waals surface area contributed by atoms with Crippen LogP contribution in [0.1, 0.15) is 58.6 Å². The molecule has 0 aliphatic carbocycles. The van der Waals surface area contributed by atoms with Crippen molar-refractivity contribution in [2.75, 3.05) is 42.6 Å². The van der Waals surface area contributed by atoms with E-state index < -0.39 is 59.5 Å². The van der Waals surface area contributed by atoms with Gasteiger partial charge in [0.2, 0.25) is 11.8 Å². The van der Waals surface area contributed by atoms with Gasteiger partial charge in [-0.25, -0.2) is 0 Å². The van der Waals surface area contributed by atoms with E-state index in [0.29, 0.717) is 18.5 Å². The first-order valence-corrected chi connectivity index (χ1v) is 19.5. The molecule has 0 saturated carbocycles. The molecule has 8 atom stereocenters. The Morgan fingerprint density at radius 2 is 1.74 bits per heavy atom. The average molecular weight is 794 g/mol. The number of aliphatic hydroxyl groups is 1. The van der Waals surface area contributed by atoms with Gasteiger partial charge in [0.15, 0.2) is 0 Å². The van der Waals surface area contributed by atoms with Crippen molar-refractivity contribution in [3.05, 3.63) is 85.5 Å². The third kappa shape index (κ3) is 7.82. The summed E-state index contributed by atoms with van der Waals surface area (Å²) in [6.07, 6.45) is 3.52. The first kappa shape index (κ1) is 40.2. The van der Waals surface area contributed by atoms with Crippen molar-refractivity contribution in [1.82, 2.24) is 10.2 Å². The minimum atomic E-state index is -1.35. The van der Waals surface area contributed by atoms with Gasteiger partial charge >= 0.3 is 5.97 Å². The summed E-state index contributed by atoms with van der Waals surface area (Å²) in [7, 11) is 0. The summed E-state index contributed by atoms with van der Waals surface area (Å²) in [5, 5.41) is 13.8. The zero-order chi connectivity index (χ0) is 38.4. The standard InChI is InChI=1S/C41H53BrN4O7/c1-7-11-17-33(48)52-25-31(27-15-13-12-14-16-27)43-38(49)34-35-39(50)46(32(24-47)26(5)6)37(41(35)23-30(42)36(34)53-41)40(51)45(22-8-2)29-20-18-28(19-21-29)44(9-3)10-4/h7-8,12-16,18-21,26,30-32,34-37,47H,1-2,9-11,17,22-25H2,3-6H3,(H,43,49)/t30?,31-,32+,34+,35-,36+,37+,41-/m1/s1. The third-order valence-electron chi connectivity index (χ3n) is 10.9. The topological polar surface area (TPSA) is 129 Å². The molecular formula is C41H53BrN4O7. The van der Waals surface area contributed by atoms with Crippen LogP contribution in [0.4, 0.5) is 11.4 Å². The highest BCUT2D eigenvalue weighted by Crippen LogP contribution is 2.61. The molecule has 3 saturated heterocycles. The summed E-state index contributed by atoms with van der Waals surface area (Å²) in [6, 6.07) is 14.4. The zero-order valence-corrected chi connectivity index (χ0v) is 32.7. The third-order valence-corrected chi connectivity index (χ3v) is 11.8. The normalized spacial score (nSPS) is 25.5. The highest BCUT2D eigenvalue weighted by atomic mass is 79.9. The van der Waals surface area contributed by atoms with Crippen molar-refractivity contribution >= 4 is 51.0 Å². The molecule has 53 heavy (non-hydrogen) atoms. The lowest BCUT2D eigenvalue weighted by atomic mass is 9.70. The Hall–Kier alpha value is -4.00. The smallest absolute Gasteiger partial charge is 0.306 e. The number of carbonyl (C=O) groups is 4. The number of carbonyl (C=O) groups excluding carboxylic acids is 4. The fourth-order valence-corrected chi connectivity index (χ4v) is 9.24. The fraction of sp³-hybridized carbons (Fsp3) is 0.512. The van der Waals surface area contributed by atoms with E-state index in [9.17, 15) is 19.5 Å². The Labute approximate surface area is 321 Å². The maximum atomic E-state index is 15.1. The number of esters is 1. The van der Waals surface area contributed by atoms with E-state index in [1.54, 1.807) is 17.1 Å². The molecule has 11 nitrogen and oxygen atoms in total. The van der Waals surface area contributed by atoms with E-state index in [0.717, 1.165) is 24.3 Å². The van der Waals surface area contributed by atoms with Gasteiger partial charge in [0.25, 0.3) is 5.91 Å². The maximum Gasteiger partial charge on any atom is 0.306 e. The quantitative estimate of drug-likeness (QED) is 0.120. The molecule has 286 valence electrons. The van der Waals surface area contributed by atoms with Crippen LogP contribution in [0.15, 0.2) is 79.9 Å².